The summed E-state index contributed by atoms with van der Waals surface area (Å²) in [7, 11) is 0. The quantitative estimate of drug-likeness (QED) is 0.788. The summed E-state index contributed by atoms with van der Waals surface area (Å²) in [5, 5.41) is 2.28. The topological polar surface area (TPSA) is 28.1 Å². The molecule has 2 heterocycles. The molecule has 0 spiro atoms. The van der Waals surface area contributed by atoms with E-state index < -0.39 is 0 Å². The first-order valence-electron chi connectivity index (χ1n) is 9.78. The number of nitrogens with one attached hydrogen (secondary N) is 1. The van der Waals surface area contributed by atoms with Crippen molar-refractivity contribution in [1.82, 2.24) is 4.67 Å². The van der Waals surface area contributed by atoms with Gasteiger partial charge in [0.2, 0.25) is 5.69 Å². The first kappa shape index (κ1) is 18.2. The fourth-order valence-electron chi connectivity index (χ4n) is 3.79. The van der Waals surface area contributed by atoms with Crippen LogP contribution in [0.15, 0.2) is 78.4 Å². The van der Waals surface area contributed by atoms with Gasteiger partial charge in [0.1, 0.15) is 0 Å². The Morgan fingerprint density at radius 1 is 1.07 bits per heavy atom. The van der Waals surface area contributed by atoms with Gasteiger partial charge in [0.25, 0.3) is 0 Å². The summed E-state index contributed by atoms with van der Waals surface area (Å²) in [6.45, 7) is 6.77. The lowest BCUT2D eigenvalue weighted by molar-refractivity contribution is -0.342. The van der Waals surface area contributed by atoms with Crippen molar-refractivity contribution in [2.24, 2.45) is 5.41 Å². The first-order valence-corrected chi connectivity index (χ1v) is 9.78. The molecule has 2 nitrogen and oxygen atoms in total. The summed E-state index contributed by atoms with van der Waals surface area (Å²) in [4.78, 5) is 3.33. The van der Waals surface area contributed by atoms with Crippen molar-refractivity contribution in [2.45, 2.75) is 27.2 Å². The number of allylic oxidation sites excluding steroid dienone is 6. The zero-order valence-electron chi connectivity index (χ0n) is 16.7. The second kappa shape index (κ2) is 7.42. The van der Waals surface area contributed by atoms with Gasteiger partial charge in [-0.3, -0.25) is 0 Å². The van der Waals surface area contributed by atoms with Crippen LogP contribution in [0.5, 0.6) is 0 Å². The maximum atomic E-state index is 4.49. The molecule has 2 aliphatic heterocycles. The third kappa shape index (κ3) is 3.88. The highest BCUT2D eigenvalue weighted by Gasteiger charge is 2.18. The van der Waals surface area contributed by atoms with Crippen LogP contribution < -0.4 is 20.2 Å². The number of nitrogens with zero attached hydrogens (tertiary/aromatic N) is 1. The Balaban J connectivity index is 1.48. The maximum Gasteiger partial charge on any atom is 0.335 e. The van der Waals surface area contributed by atoms with Crippen LogP contribution in [0.4, 0.5) is 5.69 Å². The third-order valence-electron chi connectivity index (χ3n) is 5.17. The zero-order chi connectivity index (χ0) is 19.6. The predicted molar refractivity (Wildman–Crippen MR) is 119 cm³/mol. The van der Waals surface area contributed by atoms with Gasteiger partial charge in [0, 0.05) is 12.1 Å². The highest BCUT2D eigenvalue weighted by molar-refractivity contribution is 6.11. The molecule has 0 aliphatic carbocycles. The van der Waals surface area contributed by atoms with Crippen molar-refractivity contribution in [3.05, 3.63) is 94.5 Å². The summed E-state index contributed by atoms with van der Waals surface area (Å²) in [5.41, 5.74) is 6.31. The SMILES string of the molecule is C/C(=C/C=C1/C=[NH+]c2ccccc21)CC(C)(C)/C=C\C1=c2ccccc2=[N+]=C1. The number of para-hydroxylation sites is 2. The molecular formula is C26H26N2+2. The maximum absolute atomic E-state index is 4.49. The Morgan fingerprint density at radius 2 is 1.86 bits per heavy atom. The van der Waals surface area contributed by atoms with Crippen LogP contribution in [0.3, 0.4) is 0 Å². The Morgan fingerprint density at radius 3 is 2.75 bits per heavy atom. The number of hydrogen-bond donors (Lipinski definition) is 1. The van der Waals surface area contributed by atoms with Crippen molar-refractivity contribution in [1.29, 1.82) is 0 Å². The molecule has 2 aliphatic rings. The minimum Gasteiger partial charge on any atom is -0.210 e. The molecule has 2 heteroatoms. The summed E-state index contributed by atoms with van der Waals surface area (Å²) in [6.07, 6.45) is 14.0. The van der Waals surface area contributed by atoms with Crippen LogP contribution in [-0.2, 0) is 0 Å². The monoisotopic (exact) mass is 366 g/mol. The molecule has 2 aromatic carbocycles. The minimum atomic E-state index is 0.0764. The first-order chi connectivity index (χ1) is 13.5. The van der Waals surface area contributed by atoms with Gasteiger partial charge in [-0.05, 0) is 37.0 Å². The van der Waals surface area contributed by atoms with E-state index in [1.165, 1.54) is 33.2 Å². The normalized spacial score (nSPS) is 16.8. The van der Waals surface area contributed by atoms with Gasteiger partial charge in [-0.1, -0.05) is 66.6 Å². The lowest BCUT2D eigenvalue weighted by Gasteiger charge is -2.20. The van der Waals surface area contributed by atoms with Gasteiger partial charge < -0.3 is 0 Å². The van der Waals surface area contributed by atoms with E-state index in [0.29, 0.717) is 0 Å². The Labute approximate surface area is 166 Å². The largest absolute Gasteiger partial charge is 0.335 e. The Kier molecular flexibility index (Phi) is 4.81. The molecule has 0 saturated heterocycles. The van der Waals surface area contributed by atoms with Gasteiger partial charge in [0.05, 0.1) is 21.9 Å². The van der Waals surface area contributed by atoms with Gasteiger partial charge in [-0.25, -0.2) is 4.99 Å². The molecule has 4 rings (SSSR count). The van der Waals surface area contributed by atoms with Crippen LogP contribution in [-0.4, -0.2) is 12.4 Å². The van der Waals surface area contributed by atoms with Crippen LogP contribution in [0, 0.1) is 5.41 Å². The van der Waals surface area contributed by atoms with Crippen molar-refractivity contribution in [2.75, 3.05) is 0 Å². The third-order valence-corrected chi connectivity index (χ3v) is 5.17. The van der Waals surface area contributed by atoms with Gasteiger partial charge in [-0.15, -0.1) is 0 Å². The molecule has 0 fully saturated rings. The number of hydrogen-bond acceptors (Lipinski definition) is 0. The molecule has 138 valence electrons. The fraction of sp³-hybridized carbons (Fsp3) is 0.192. The van der Waals surface area contributed by atoms with E-state index in [2.05, 4.69) is 103 Å². The summed E-state index contributed by atoms with van der Waals surface area (Å²) < 4.78 is 4.49. The van der Waals surface area contributed by atoms with Crippen molar-refractivity contribution < 1.29 is 4.99 Å². The highest BCUT2D eigenvalue weighted by Crippen LogP contribution is 2.28. The highest BCUT2D eigenvalue weighted by atomic mass is 14.7. The fourth-order valence-corrected chi connectivity index (χ4v) is 3.79. The van der Waals surface area contributed by atoms with E-state index in [-0.39, 0.29) is 5.41 Å². The second-order valence-electron chi connectivity index (χ2n) is 8.20. The minimum absolute atomic E-state index is 0.0764. The van der Waals surface area contributed by atoms with Crippen LogP contribution in [0.25, 0.3) is 11.1 Å². The van der Waals surface area contributed by atoms with Crippen LogP contribution >= 0.6 is 0 Å². The molecule has 2 aromatic rings. The van der Waals surface area contributed by atoms with Crippen molar-refractivity contribution in [3.8, 4) is 0 Å². The van der Waals surface area contributed by atoms with Crippen molar-refractivity contribution >= 4 is 29.3 Å². The molecule has 0 bridgehead atoms. The molecule has 0 saturated carbocycles. The molecule has 0 amide bonds. The standard InChI is InChI=1S/C26H25N2/c1-19(12-13-20-17-27-24-10-6-4-8-22(20)24)16-26(2,3)15-14-21-18-28-25-11-7-5-9-23(21)25/h4-15,17-18H,16H2,1-3H3/q+1/p+1/b15-14-,19-12-,20-13-. The summed E-state index contributed by atoms with van der Waals surface area (Å²) in [6, 6.07) is 16.7. The van der Waals surface area contributed by atoms with E-state index in [1.807, 2.05) is 12.3 Å². The molecule has 28 heavy (non-hydrogen) atoms. The van der Waals surface area contributed by atoms with E-state index in [9.17, 15) is 0 Å². The van der Waals surface area contributed by atoms with Gasteiger partial charge in [0.15, 0.2) is 6.21 Å². The Bertz CT molecular complexity index is 1200. The van der Waals surface area contributed by atoms with E-state index in [4.69, 9.17) is 0 Å². The number of benzene rings is 2. The predicted octanol–water partition coefficient (Wildman–Crippen LogP) is 2.41. The smallest absolute Gasteiger partial charge is 0.210 e. The summed E-state index contributed by atoms with van der Waals surface area (Å²) in [5.74, 6) is 0. The molecule has 1 N–H and O–H groups in total. The number of rotatable bonds is 5. The van der Waals surface area contributed by atoms with Gasteiger partial charge in [-0.2, -0.15) is 0 Å². The molecule has 0 aromatic heterocycles. The lowest BCUT2D eigenvalue weighted by Crippen LogP contribution is -2.58. The molecular weight excluding hydrogens is 340 g/mol. The second-order valence-corrected chi connectivity index (χ2v) is 8.20. The van der Waals surface area contributed by atoms with Gasteiger partial charge >= 0.3 is 11.6 Å². The van der Waals surface area contributed by atoms with Crippen LogP contribution in [0.1, 0.15) is 32.8 Å². The molecule has 0 radical (unpaired) electrons. The van der Waals surface area contributed by atoms with Crippen molar-refractivity contribution in [3.63, 3.8) is 0 Å². The molecule has 0 atom stereocenters. The van der Waals surface area contributed by atoms with Crippen LogP contribution in [0.2, 0.25) is 0 Å². The lowest BCUT2D eigenvalue weighted by atomic mass is 9.85. The summed E-state index contributed by atoms with van der Waals surface area (Å²) >= 11 is 0. The zero-order valence-corrected chi connectivity index (χ0v) is 16.7. The van der Waals surface area contributed by atoms with E-state index in [0.717, 1.165) is 11.8 Å². The Hall–Kier alpha value is -3.22. The van der Waals surface area contributed by atoms with E-state index >= 15 is 0 Å². The van der Waals surface area contributed by atoms with E-state index in [1.54, 1.807) is 0 Å². The average molecular weight is 367 g/mol. The average Bonchev–Trinajstić information content (AvgIpc) is 3.29. The molecule has 0 unspecified atom stereocenters. The number of fused-ring (bicyclic) bond motifs is 2.